The zero-order valence-electron chi connectivity index (χ0n) is 18.6. The van der Waals surface area contributed by atoms with Crippen molar-refractivity contribution in [3.05, 3.63) is 70.0 Å². The zero-order chi connectivity index (χ0) is 24.9. The van der Waals surface area contributed by atoms with E-state index >= 15 is 4.39 Å². The van der Waals surface area contributed by atoms with Crippen LogP contribution < -0.4 is 5.73 Å². The molecule has 3 aromatic rings. The Balaban J connectivity index is 1.55. The minimum absolute atomic E-state index is 0.00256. The Kier molecular flexibility index (Phi) is 5.88. The Morgan fingerprint density at radius 3 is 2.66 bits per heavy atom. The van der Waals surface area contributed by atoms with Gasteiger partial charge in [0.15, 0.2) is 0 Å². The van der Waals surface area contributed by atoms with E-state index < -0.39 is 29.5 Å². The van der Waals surface area contributed by atoms with Crippen LogP contribution in [0.3, 0.4) is 0 Å². The van der Waals surface area contributed by atoms with E-state index in [-0.39, 0.29) is 42.6 Å². The van der Waals surface area contributed by atoms with Crippen LogP contribution in [0.25, 0.3) is 10.9 Å². The molecule has 1 unspecified atom stereocenters. The summed E-state index contributed by atoms with van der Waals surface area (Å²) in [6.45, 7) is 0.0768. The van der Waals surface area contributed by atoms with E-state index in [1.807, 2.05) is 0 Å². The first-order chi connectivity index (χ1) is 16.7. The van der Waals surface area contributed by atoms with Gasteiger partial charge in [-0.3, -0.25) is 4.79 Å². The van der Waals surface area contributed by atoms with E-state index in [1.165, 1.54) is 17.0 Å². The van der Waals surface area contributed by atoms with Gasteiger partial charge in [0.05, 0.1) is 42.5 Å². The first kappa shape index (κ1) is 23.5. The molecule has 1 aliphatic heterocycles. The lowest BCUT2D eigenvalue weighted by atomic mass is 9.94. The van der Waals surface area contributed by atoms with Gasteiger partial charge in [0.25, 0.3) is 5.91 Å². The van der Waals surface area contributed by atoms with Gasteiger partial charge in [0, 0.05) is 23.6 Å². The van der Waals surface area contributed by atoms with Gasteiger partial charge in [-0.15, -0.1) is 0 Å². The van der Waals surface area contributed by atoms with Gasteiger partial charge in [-0.25, -0.2) is 9.37 Å². The molecule has 1 saturated carbocycles. The number of aliphatic hydroxyl groups excluding tert-OH is 1. The fraction of sp³-hybridized carbons (Fsp3) is 0.360. The second kappa shape index (κ2) is 8.76. The molecule has 35 heavy (non-hydrogen) atoms. The smallest absolute Gasteiger partial charge is 0.392 e. The molecule has 1 fully saturated rings. The standard InChI is InChI=1S/C25H23F4N3O3/c26-20-8-21-14(5-15(10-33)23(30)31-21)7-19(20)24(34)32(9-13-1-2-13)22-12-35-11-16-6-17(25(27,28)29)3-4-18(16)22/h3-8,13,22,33H,1-2,9-12H2,(H2,30,31). The normalized spacial score (nSPS) is 17.9. The van der Waals surface area contributed by atoms with Crippen molar-refractivity contribution in [2.24, 2.45) is 5.92 Å². The summed E-state index contributed by atoms with van der Waals surface area (Å²) < 4.78 is 60.4. The van der Waals surface area contributed by atoms with Crippen LogP contribution in [0.2, 0.25) is 0 Å². The number of benzene rings is 2. The SMILES string of the molecule is Nc1nc2cc(F)c(C(=O)N(CC3CC3)C3COCc4cc(C(F)(F)F)ccc43)cc2cc1CO. The number of hydrogen-bond acceptors (Lipinski definition) is 5. The molecular weight excluding hydrogens is 466 g/mol. The number of aromatic nitrogens is 1. The van der Waals surface area contributed by atoms with Gasteiger partial charge in [-0.2, -0.15) is 13.2 Å². The molecule has 184 valence electrons. The number of fused-ring (bicyclic) bond motifs is 2. The Hall–Kier alpha value is -3.24. The van der Waals surface area contributed by atoms with Crippen LogP contribution in [0, 0.1) is 11.7 Å². The van der Waals surface area contributed by atoms with Gasteiger partial charge >= 0.3 is 6.18 Å². The van der Waals surface area contributed by atoms with Crippen molar-refractivity contribution < 1.29 is 32.2 Å². The highest BCUT2D eigenvalue weighted by Gasteiger charge is 2.37. The van der Waals surface area contributed by atoms with E-state index in [1.54, 1.807) is 6.07 Å². The molecule has 5 rings (SSSR count). The number of carbonyl (C=O) groups is 1. The van der Waals surface area contributed by atoms with E-state index in [4.69, 9.17) is 10.5 Å². The van der Waals surface area contributed by atoms with Crippen molar-refractivity contribution >= 4 is 22.6 Å². The van der Waals surface area contributed by atoms with Crippen molar-refractivity contribution in [1.82, 2.24) is 9.88 Å². The van der Waals surface area contributed by atoms with Crippen LogP contribution in [0.5, 0.6) is 0 Å². The average Bonchev–Trinajstić information content (AvgIpc) is 3.64. The summed E-state index contributed by atoms with van der Waals surface area (Å²) in [7, 11) is 0. The minimum Gasteiger partial charge on any atom is -0.392 e. The molecule has 0 radical (unpaired) electrons. The number of carbonyl (C=O) groups excluding carboxylic acids is 1. The molecule has 6 nitrogen and oxygen atoms in total. The molecule has 2 aliphatic rings. The Morgan fingerprint density at radius 1 is 1.20 bits per heavy atom. The topological polar surface area (TPSA) is 88.7 Å². The fourth-order valence-corrected chi connectivity index (χ4v) is 4.49. The van der Waals surface area contributed by atoms with E-state index in [0.29, 0.717) is 28.6 Å². The van der Waals surface area contributed by atoms with Crippen molar-refractivity contribution in [2.75, 3.05) is 18.9 Å². The second-order valence-corrected chi connectivity index (χ2v) is 9.06. The summed E-state index contributed by atoms with van der Waals surface area (Å²) in [5, 5.41) is 9.92. The lowest BCUT2D eigenvalue weighted by Gasteiger charge is -2.36. The van der Waals surface area contributed by atoms with Gasteiger partial charge < -0.3 is 20.5 Å². The number of nitrogens with zero attached hydrogens (tertiary/aromatic N) is 2. The van der Waals surface area contributed by atoms with E-state index in [9.17, 15) is 23.1 Å². The molecule has 1 atom stereocenters. The van der Waals surface area contributed by atoms with Crippen LogP contribution in [0.15, 0.2) is 36.4 Å². The molecule has 0 bridgehead atoms. The fourth-order valence-electron chi connectivity index (χ4n) is 4.49. The zero-order valence-corrected chi connectivity index (χ0v) is 18.6. The van der Waals surface area contributed by atoms with Gasteiger partial charge in [-0.05, 0) is 54.2 Å². The summed E-state index contributed by atoms with van der Waals surface area (Å²) in [5.41, 5.74) is 6.33. The first-order valence-electron chi connectivity index (χ1n) is 11.2. The third kappa shape index (κ3) is 4.55. The molecule has 0 saturated heterocycles. The molecule has 3 N–H and O–H groups in total. The number of anilines is 1. The monoisotopic (exact) mass is 489 g/mol. The lowest BCUT2D eigenvalue weighted by molar-refractivity contribution is -0.137. The molecule has 0 spiro atoms. The van der Waals surface area contributed by atoms with Gasteiger partial charge in [0.1, 0.15) is 11.6 Å². The average molecular weight is 489 g/mol. The highest BCUT2D eigenvalue weighted by Crippen LogP contribution is 2.39. The number of nitrogens with two attached hydrogens (primary N) is 1. The Bertz CT molecular complexity index is 1310. The molecule has 1 aliphatic carbocycles. The summed E-state index contributed by atoms with van der Waals surface area (Å²) in [6, 6.07) is 6.82. The van der Waals surface area contributed by atoms with Gasteiger partial charge in [-0.1, -0.05) is 6.07 Å². The quantitative estimate of drug-likeness (QED) is 0.512. The number of ether oxygens (including phenoxy) is 1. The third-order valence-corrected chi connectivity index (χ3v) is 6.57. The number of aliphatic hydroxyl groups is 1. The number of hydrogen-bond donors (Lipinski definition) is 2. The van der Waals surface area contributed by atoms with Crippen LogP contribution in [0.1, 0.15) is 51.5 Å². The molecule has 2 heterocycles. The summed E-state index contributed by atoms with van der Waals surface area (Å²) in [6.07, 6.45) is -2.66. The van der Waals surface area contributed by atoms with Crippen LogP contribution in [-0.2, 0) is 24.1 Å². The lowest BCUT2D eigenvalue weighted by Crippen LogP contribution is -2.41. The maximum absolute atomic E-state index is 15.1. The van der Waals surface area contributed by atoms with Gasteiger partial charge in [0.2, 0.25) is 0 Å². The molecule has 10 heteroatoms. The number of halogens is 4. The van der Waals surface area contributed by atoms with Crippen molar-refractivity contribution in [2.45, 2.75) is 38.3 Å². The van der Waals surface area contributed by atoms with E-state index in [0.717, 1.165) is 31.0 Å². The largest absolute Gasteiger partial charge is 0.416 e. The van der Waals surface area contributed by atoms with Crippen LogP contribution >= 0.6 is 0 Å². The third-order valence-electron chi connectivity index (χ3n) is 6.57. The highest BCUT2D eigenvalue weighted by molar-refractivity contribution is 5.99. The van der Waals surface area contributed by atoms with Crippen LogP contribution in [0.4, 0.5) is 23.4 Å². The minimum atomic E-state index is -4.50. The summed E-state index contributed by atoms with van der Waals surface area (Å²) >= 11 is 0. The number of amides is 1. The predicted octanol–water partition coefficient (Wildman–Crippen LogP) is 4.59. The summed E-state index contributed by atoms with van der Waals surface area (Å²) in [5.74, 6) is -1.05. The number of rotatable bonds is 5. The van der Waals surface area contributed by atoms with Crippen LogP contribution in [-0.4, -0.2) is 34.0 Å². The number of nitrogen functional groups attached to an aromatic ring is 1. The Morgan fingerprint density at radius 2 is 1.97 bits per heavy atom. The second-order valence-electron chi connectivity index (χ2n) is 9.06. The maximum Gasteiger partial charge on any atom is 0.416 e. The summed E-state index contributed by atoms with van der Waals surface area (Å²) in [4.78, 5) is 19.3. The molecule has 2 aromatic carbocycles. The first-order valence-corrected chi connectivity index (χ1v) is 11.2. The number of pyridine rings is 1. The number of alkyl halides is 3. The predicted molar refractivity (Wildman–Crippen MR) is 120 cm³/mol. The van der Waals surface area contributed by atoms with Crippen molar-refractivity contribution in [3.8, 4) is 0 Å². The highest BCUT2D eigenvalue weighted by atomic mass is 19.4. The van der Waals surface area contributed by atoms with E-state index in [2.05, 4.69) is 4.98 Å². The Labute approximate surface area is 198 Å². The maximum atomic E-state index is 15.1. The van der Waals surface area contributed by atoms with Crippen molar-refractivity contribution in [1.29, 1.82) is 0 Å². The van der Waals surface area contributed by atoms with Crippen molar-refractivity contribution in [3.63, 3.8) is 0 Å². The molecule has 1 aromatic heterocycles. The molecular formula is C25H23F4N3O3. The molecule has 1 amide bonds.